The zero-order chi connectivity index (χ0) is 43.2. The first-order valence-corrected chi connectivity index (χ1v) is 21.8. The van der Waals surface area contributed by atoms with Crippen molar-refractivity contribution in [2.24, 2.45) is 0 Å². The second kappa shape index (κ2) is 14.5. The average Bonchev–Trinajstić information content (AvgIpc) is 3.70. The van der Waals surface area contributed by atoms with E-state index in [0.29, 0.717) is 0 Å². The molecule has 5 heteroatoms. The van der Waals surface area contributed by atoms with Gasteiger partial charge in [0.05, 0.1) is 17.1 Å². The van der Waals surface area contributed by atoms with E-state index in [-0.39, 0.29) is 11.6 Å². The highest BCUT2D eigenvalue weighted by atomic mass is 19.1. The van der Waals surface area contributed by atoms with Gasteiger partial charge in [0.15, 0.2) is 5.58 Å². The molecule has 0 radical (unpaired) electrons. The summed E-state index contributed by atoms with van der Waals surface area (Å²) in [6, 6.07) is 73.2. The van der Waals surface area contributed by atoms with Gasteiger partial charge in [-0.05, 0) is 139 Å². The SMILES string of the molecule is Fc1ccc(N(c2ccc3cc4c(cc3c2)oc2c(N(c3ccc(F)cc3)c3cc5ccccc5c5ccccc35)c3ccccc3cc24)c2cc3ccccc3c3ccccc23)cc1. The third kappa shape index (κ3) is 5.93. The third-order valence-corrected chi connectivity index (χ3v) is 13.0. The van der Waals surface area contributed by atoms with Gasteiger partial charge in [0.25, 0.3) is 0 Å². The highest BCUT2D eigenvalue weighted by molar-refractivity contribution is 6.23. The summed E-state index contributed by atoms with van der Waals surface area (Å²) in [5.74, 6) is -0.594. The predicted octanol–water partition coefficient (Wildman–Crippen LogP) is 17.7. The van der Waals surface area contributed by atoms with Crippen LogP contribution < -0.4 is 9.80 Å². The van der Waals surface area contributed by atoms with Crippen LogP contribution in [0.15, 0.2) is 223 Å². The van der Waals surface area contributed by atoms with Crippen molar-refractivity contribution >= 4 is 121 Å². The molecule has 13 rings (SSSR count). The Bertz CT molecular complexity index is 4050. The molecule has 12 aromatic carbocycles. The van der Waals surface area contributed by atoms with Crippen molar-refractivity contribution < 1.29 is 13.2 Å². The lowest BCUT2D eigenvalue weighted by Crippen LogP contribution is -2.11. The van der Waals surface area contributed by atoms with Gasteiger partial charge in [0.2, 0.25) is 0 Å². The lowest BCUT2D eigenvalue weighted by Gasteiger charge is -2.28. The molecular formula is C60H36F2N2O. The molecule has 306 valence electrons. The fourth-order valence-electron chi connectivity index (χ4n) is 10.1. The van der Waals surface area contributed by atoms with Crippen LogP contribution in [0, 0.1) is 11.6 Å². The van der Waals surface area contributed by atoms with Gasteiger partial charge in [-0.2, -0.15) is 0 Å². The van der Waals surface area contributed by atoms with Crippen molar-refractivity contribution in [2.75, 3.05) is 9.80 Å². The molecule has 0 N–H and O–H groups in total. The highest BCUT2D eigenvalue weighted by Gasteiger charge is 2.26. The fourth-order valence-corrected chi connectivity index (χ4v) is 10.1. The summed E-state index contributed by atoms with van der Waals surface area (Å²) in [7, 11) is 0. The number of fused-ring (bicyclic) bond motifs is 11. The first-order chi connectivity index (χ1) is 32.0. The van der Waals surface area contributed by atoms with Crippen molar-refractivity contribution in [1.29, 1.82) is 0 Å². The fraction of sp³-hybridized carbons (Fsp3) is 0. The standard InChI is InChI=1S/C60H36F2N2O/c61-42-22-27-44(28-23-42)63(56-34-39-12-1-4-14-47(39)50-17-7-9-19-52(50)56)46-26-21-37-32-54-55-33-38-11-3-6-16-49(38)59(60(55)65-58(54)36-41(37)31-46)64(45-29-24-43(62)25-30-45)57-35-40-13-2-5-15-48(40)51-18-8-10-20-53(51)57/h1-36H. The molecule has 1 heterocycles. The first-order valence-electron chi connectivity index (χ1n) is 21.8. The van der Waals surface area contributed by atoms with Crippen LogP contribution >= 0.6 is 0 Å². The molecule has 0 aliphatic carbocycles. The number of rotatable bonds is 6. The molecular weight excluding hydrogens is 803 g/mol. The molecule has 0 unspecified atom stereocenters. The van der Waals surface area contributed by atoms with E-state index in [2.05, 4.69) is 180 Å². The van der Waals surface area contributed by atoms with Crippen LogP contribution in [-0.2, 0) is 0 Å². The van der Waals surface area contributed by atoms with Crippen LogP contribution in [0.1, 0.15) is 0 Å². The largest absolute Gasteiger partial charge is 0.454 e. The van der Waals surface area contributed by atoms with E-state index in [1.165, 1.54) is 29.7 Å². The Hall–Kier alpha value is -8.54. The summed E-state index contributed by atoms with van der Waals surface area (Å²) in [4.78, 5) is 4.46. The van der Waals surface area contributed by atoms with Crippen molar-refractivity contribution in [3.8, 4) is 0 Å². The van der Waals surface area contributed by atoms with Gasteiger partial charge >= 0.3 is 0 Å². The molecule has 0 atom stereocenters. The number of benzene rings is 12. The number of nitrogens with zero attached hydrogens (tertiary/aromatic N) is 2. The quantitative estimate of drug-likeness (QED) is 0.156. The normalized spacial score (nSPS) is 11.8. The maximum absolute atomic E-state index is 14.8. The Labute approximate surface area is 372 Å². The van der Waals surface area contributed by atoms with Crippen LogP contribution in [0.25, 0.3) is 86.6 Å². The monoisotopic (exact) mass is 838 g/mol. The molecule has 0 saturated carbocycles. The molecule has 0 spiro atoms. The second-order valence-corrected chi connectivity index (χ2v) is 16.8. The molecule has 13 aromatic rings. The zero-order valence-corrected chi connectivity index (χ0v) is 34.8. The number of anilines is 6. The molecule has 65 heavy (non-hydrogen) atoms. The second-order valence-electron chi connectivity index (χ2n) is 16.8. The summed E-state index contributed by atoms with van der Waals surface area (Å²) in [5.41, 5.74) is 6.87. The van der Waals surface area contributed by atoms with E-state index in [9.17, 15) is 8.78 Å². The van der Waals surface area contributed by atoms with E-state index in [1.54, 1.807) is 0 Å². The summed E-state index contributed by atoms with van der Waals surface area (Å²) in [6.45, 7) is 0. The Morgan fingerprint density at radius 3 is 1.32 bits per heavy atom. The van der Waals surface area contributed by atoms with Gasteiger partial charge in [-0.15, -0.1) is 0 Å². The molecule has 0 saturated heterocycles. The van der Waals surface area contributed by atoms with Crippen molar-refractivity contribution in [1.82, 2.24) is 0 Å². The number of hydrogen-bond acceptors (Lipinski definition) is 3. The van der Waals surface area contributed by atoms with Gasteiger partial charge in [-0.25, -0.2) is 8.78 Å². The minimum absolute atomic E-state index is 0.290. The summed E-state index contributed by atoms with van der Waals surface area (Å²) < 4.78 is 36.5. The summed E-state index contributed by atoms with van der Waals surface area (Å²) in [6.07, 6.45) is 0. The van der Waals surface area contributed by atoms with Gasteiger partial charge in [-0.3, -0.25) is 0 Å². The molecule has 0 bridgehead atoms. The van der Waals surface area contributed by atoms with Crippen LogP contribution in [0.5, 0.6) is 0 Å². The smallest absolute Gasteiger partial charge is 0.160 e. The Morgan fingerprint density at radius 2 is 0.738 bits per heavy atom. The average molecular weight is 839 g/mol. The first kappa shape index (κ1) is 37.1. The van der Waals surface area contributed by atoms with E-state index in [4.69, 9.17) is 4.42 Å². The van der Waals surface area contributed by atoms with Gasteiger partial charge in [0, 0.05) is 44.0 Å². The lowest BCUT2D eigenvalue weighted by molar-refractivity contribution is 0.627. The minimum Gasteiger partial charge on any atom is -0.454 e. The predicted molar refractivity (Wildman–Crippen MR) is 268 cm³/mol. The summed E-state index contributed by atoms with van der Waals surface area (Å²) in [5, 5.41) is 15.1. The topological polar surface area (TPSA) is 19.6 Å². The molecule has 0 fully saturated rings. The van der Waals surface area contributed by atoms with Gasteiger partial charge in [-0.1, -0.05) is 127 Å². The maximum atomic E-state index is 14.8. The van der Waals surface area contributed by atoms with Gasteiger partial charge in [0.1, 0.15) is 17.2 Å². The number of hydrogen-bond donors (Lipinski definition) is 0. The lowest BCUT2D eigenvalue weighted by atomic mass is 9.97. The molecule has 1 aromatic heterocycles. The maximum Gasteiger partial charge on any atom is 0.160 e. The van der Waals surface area contributed by atoms with Crippen molar-refractivity contribution in [3.05, 3.63) is 230 Å². The highest BCUT2D eigenvalue weighted by Crippen LogP contribution is 2.50. The molecule has 0 amide bonds. The van der Waals surface area contributed by atoms with Crippen LogP contribution in [0.2, 0.25) is 0 Å². The van der Waals surface area contributed by atoms with E-state index in [0.717, 1.165) is 115 Å². The molecule has 0 aliphatic rings. The van der Waals surface area contributed by atoms with E-state index < -0.39 is 0 Å². The van der Waals surface area contributed by atoms with Crippen molar-refractivity contribution in [2.45, 2.75) is 0 Å². The van der Waals surface area contributed by atoms with Gasteiger partial charge < -0.3 is 14.2 Å². The third-order valence-electron chi connectivity index (χ3n) is 13.0. The summed E-state index contributed by atoms with van der Waals surface area (Å²) >= 11 is 0. The van der Waals surface area contributed by atoms with Crippen LogP contribution in [0.4, 0.5) is 42.9 Å². The molecule has 0 aliphatic heterocycles. The van der Waals surface area contributed by atoms with E-state index >= 15 is 0 Å². The number of furan rings is 1. The van der Waals surface area contributed by atoms with Crippen LogP contribution in [-0.4, -0.2) is 0 Å². The van der Waals surface area contributed by atoms with E-state index in [1.807, 2.05) is 24.3 Å². The Balaban J connectivity index is 1.07. The molecule has 3 nitrogen and oxygen atoms in total. The number of halogens is 2. The zero-order valence-electron chi connectivity index (χ0n) is 34.8. The van der Waals surface area contributed by atoms with Crippen molar-refractivity contribution in [3.63, 3.8) is 0 Å². The Morgan fingerprint density at radius 1 is 0.292 bits per heavy atom. The Kier molecular flexibility index (Phi) is 8.27. The minimum atomic E-state index is -0.304. The van der Waals surface area contributed by atoms with Crippen LogP contribution in [0.3, 0.4) is 0 Å².